The monoisotopic (exact) mass is 653 g/mol. The summed E-state index contributed by atoms with van der Waals surface area (Å²) < 4.78 is 97.1. The Balaban J connectivity index is 1.85. The van der Waals surface area contributed by atoms with E-state index < -0.39 is 79.3 Å². The number of hydrogen-bond acceptors (Lipinski definition) is 8. The normalized spacial score (nSPS) is 17.7. The van der Waals surface area contributed by atoms with E-state index >= 15 is 4.39 Å². The molecule has 1 amide bonds. The summed E-state index contributed by atoms with van der Waals surface area (Å²) in [5.41, 5.74) is -7.26. The first-order valence-corrected chi connectivity index (χ1v) is 14.8. The summed E-state index contributed by atoms with van der Waals surface area (Å²) in [6.45, 7) is 8.34. The van der Waals surface area contributed by atoms with Crippen LogP contribution in [0.25, 0.3) is 0 Å². The van der Waals surface area contributed by atoms with E-state index in [1.807, 2.05) is 0 Å². The number of alkyl halides is 4. The number of phosphoric ester groups is 1. The topological polar surface area (TPSA) is 101 Å². The van der Waals surface area contributed by atoms with Gasteiger partial charge in [-0.1, -0.05) is 17.7 Å². The first-order chi connectivity index (χ1) is 19.6. The molecule has 0 radical (unpaired) electrons. The molecule has 0 saturated carbocycles. The van der Waals surface area contributed by atoms with Gasteiger partial charge in [0.1, 0.15) is 5.75 Å². The number of nitrogens with zero attached hydrogens (tertiary/aromatic N) is 1. The second-order valence-electron chi connectivity index (χ2n) is 11.5. The highest BCUT2D eigenvalue weighted by atomic mass is 35.5. The Morgan fingerprint density at radius 2 is 1.58 bits per heavy atom. The van der Waals surface area contributed by atoms with Crippen LogP contribution >= 0.6 is 19.4 Å². The number of benzene rings is 2. The summed E-state index contributed by atoms with van der Waals surface area (Å²) in [6, 6.07) is 5.90. The van der Waals surface area contributed by atoms with Crippen molar-refractivity contribution in [2.24, 2.45) is 0 Å². The predicted octanol–water partition coefficient (Wildman–Crippen LogP) is 7.57. The van der Waals surface area contributed by atoms with Gasteiger partial charge in [0.25, 0.3) is 5.91 Å². The van der Waals surface area contributed by atoms with Gasteiger partial charge < -0.3 is 9.47 Å². The van der Waals surface area contributed by atoms with E-state index in [1.54, 1.807) is 41.5 Å². The first kappa shape index (κ1) is 34.8. The average Bonchev–Trinajstić information content (AvgIpc) is 3.06. The number of halogens is 5. The van der Waals surface area contributed by atoms with E-state index in [9.17, 15) is 27.3 Å². The van der Waals surface area contributed by atoms with Crippen LogP contribution in [0.3, 0.4) is 0 Å². The lowest BCUT2D eigenvalue weighted by atomic mass is 9.88. The maximum Gasteiger partial charge on any atom is 0.475 e. The zero-order chi connectivity index (χ0) is 32.6. The van der Waals surface area contributed by atoms with Gasteiger partial charge in [-0.25, -0.2) is 8.96 Å². The molecule has 1 atom stereocenters. The van der Waals surface area contributed by atoms with Crippen LogP contribution in [0, 0.1) is 0 Å². The molecule has 0 aliphatic carbocycles. The van der Waals surface area contributed by atoms with Crippen LogP contribution in [-0.4, -0.2) is 43.5 Å². The zero-order valence-electron chi connectivity index (χ0n) is 24.6. The Morgan fingerprint density at radius 3 is 2.12 bits per heavy atom. The highest BCUT2D eigenvalue weighted by Crippen LogP contribution is 2.55. The van der Waals surface area contributed by atoms with Crippen LogP contribution in [-0.2, 0) is 44.3 Å². The SMILES string of the molecule is COc1ccc(Cl)cc1[C@]1(F)C(=O)N(COC(=O)CCOP(=O)(OC(C)(C)C)OC(C)(C)C)c2cc(C(F)(F)F)ccc21. The lowest BCUT2D eigenvalue weighted by Crippen LogP contribution is -2.40. The van der Waals surface area contributed by atoms with Gasteiger partial charge in [0.05, 0.1) is 42.6 Å². The lowest BCUT2D eigenvalue weighted by molar-refractivity contribution is -0.145. The van der Waals surface area contributed by atoms with E-state index in [-0.39, 0.29) is 16.3 Å². The zero-order valence-corrected chi connectivity index (χ0v) is 26.3. The van der Waals surface area contributed by atoms with Crippen molar-refractivity contribution in [1.29, 1.82) is 0 Å². The number of anilines is 1. The highest BCUT2D eigenvalue weighted by Gasteiger charge is 2.55. The van der Waals surface area contributed by atoms with Crippen LogP contribution in [0.5, 0.6) is 5.75 Å². The van der Waals surface area contributed by atoms with Crippen molar-refractivity contribution in [3.8, 4) is 5.75 Å². The Morgan fingerprint density at radius 1 is 0.977 bits per heavy atom. The third-order valence-electron chi connectivity index (χ3n) is 5.74. The fourth-order valence-electron chi connectivity index (χ4n) is 4.16. The molecule has 43 heavy (non-hydrogen) atoms. The van der Waals surface area contributed by atoms with Gasteiger partial charge in [-0.2, -0.15) is 13.2 Å². The van der Waals surface area contributed by atoms with E-state index in [1.165, 1.54) is 19.2 Å². The van der Waals surface area contributed by atoms with Gasteiger partial charge in [0, 0.05) is 16.1 Å². The summed E-state index contributed by atoms with van der Waals surface area (Å²) in [4.78, 5) is 26.7. The average molecular weight is 654 g/mol. The van der Waals surface area contributed by atoms with Gasteiger partial charge in [-0.3, -0.25) is 28.1 Å². The molecule has 0 bridgehead atoms. The number of amides is 1. The Kier molecular flexibility index (Phi) is 10.00. The number of esters is 1. The molecule has 1 aliphatic rings. The van der Waals surface area contributed by atoms with Crippen LogP contribution in [0.1, 0.15) is 64.7 Å². The van der Waals surface area contributed by atoms with Crippen LogP contribution in [0.2, 0.25) is 5.02 Å². The molecule has 238 valence electrons. The first-order valence-electron chi connectivity index (χ1n) is 13.0. The molecule has 1 aliphatic heterocycles. The number of phosphoric acid groups is 1. The van der Waals surface area contributed by atoms with Crippen molar-refractivity contribution in [1.82, 2.24) is 0 Å². The van der Waals surface area contributed by atoms with Gasteiger partial charge in [0.15, 0.2) is 6.73 Å². The number of methoxy groups -OCH3 is 1. The van der Waals surface area contributed by atoms with Crippen LogP contribution in [0.4, 0.5) is 23.2 Å². The Labute approximate surface area is 251 Å². The molecular weight excluding hydrogens is 621 g/mol. The second kappa shape index (κ2) is 12.4. The summed E-state index contributed by atoms with van der Waals surface area (Å²) >= 11 is 6.05. The molecule has 2 aromatic rings. The molecule has 1 heterocycles. The number of carbonyl (C=O) groups excluding carboxylic acids is 2. The molecule has 0 fully saturated rings. The summed E-state index contributed by atoms with van der Waals surface area (Å²) in [5.74, 6) is -2.40. The molecule has 3 rings (SSSR count). The maximum atomic E-state index is 16.8. The number of hydrogen-bond donors (Lipinski definition) is 0. The van der Waals surface area contributed by atoms with Crippen LogP contribution in [0.15, 0.2) is 36.4 Å². The molecule has 0 spiro atoms. The molecule has 15 heteroatoms. The van der Waals surface area contributed by atoms with Crippen molar-refractivity contribution >= 4 is 37.0 Å². The van der Waals surface area contributed by atoms with E-state index in [4.69, 9.17) is 34.6 Å². The Hall–Kier alpha value is -2.70. The summed E-state index contributed by atoms with van der Waals surface area (Å²) in [7, 11) is -2.92. The van der Waals surface area contributed by atoms with Crippen molar-refractivity contribution in [3.05, 3.63) is 58.1 Å². The third-order valence-corrected chi connectivity index (χ3v) is 8.02. The fourth-order valence-corrected chi connectivity index (χ4v) is 6.13. The number of carbonyl (C=O) groups is 2. The van der Waals surface area contributed by atoms with Crippen molar-refractivity contribution in [2.75, 3.05) is 25.3 Å². The van der Waals surface area contributed by atoms with Gasteiger partial charge in [-0.15, -0.1) is 0 Å². The predicted molar refractivity (Wildman–Crippen MR) is 150 cm³/mol. The van der Waals surface area contributed by atoms with E-state index in [2.05, 4.69) is 0 Å². The smallest absolute Gasteiger partial charge is 0.475 e. The minimum absolute atomic E-state index is 0.0436. The van der Waals surface area contributed by atoms with Crippen LogP contribution < -0.4 is 9.64 Å². The third kappa shape index (κ3) is 8.27. The minimum atomic E-state index is -4.81. The van der Waals surface area contributed by atoms with Gasteiger partial charge >= 0.3 is 20.0 Å². The standard InChI is InChI=1S/C28H33ClF4NO8P/c1-25(2,3)41-43(37,42-26(4,5)6)40-13-12-23(35)39-16-34-21-14-17(28(31,32)33)8-10-19(21)27(30,24(34)36)20-15-18(29)9-11-22(20)38-7/h8-11,14-15H,12-13,16H2,1-7H3/t27-/m0/s1. The van der Waals surface area contributed by atoms with Gasteiger partial charge in [0.2, 0.25) is 5.67 Å². The second-order valence-corrected chi connectivity index (χ2v) is 13.5. The minimum Gasteiger partial charge on any atom is -0.496 e. The highest BCUT2D eigenvalue weighted by molar-refractivity contribution is 7.48. The number of ether oxygens (including phenoxy) is 2. The molecule has 9 nitrogen and oxygen atoms in total. The molecule has 0 unspecified atom stereocenters. The molecule has 0 aromatic heterocycles. The van der Waals surface area contributed by atoms with Crippen molar-refractivity contribution in [2.45, 2.75) is 71.0 Å². The molecule has 0 N–H and O–H groups in total. The van der Waals surface area contributed by atoms with E-state index in [0.717, 1.165) is 12.1 Å². The Bertz CT molecular complexity index is 1400. The summed E-state index contributed by atoms with van der Waals surface area (Å²) in [6.07, 6.45) is -5.32. The lowest BCUT2D eigenvalue weighted by Gasteiger charge is -2.30. The van der Waals surface area contributed by atoms with Crippen molar-refractivity contribution in [3.63, 3.8) is 0 Å². The fraction of sp³-hybridized carbons (Fsp3) is 0.500. The maximum absolute atomic E-state index is 16.8. The van der Waals surface area contributed by atoms with E-state index in [0.29, 0.717) is 17.0 Å². The summed E-state index contributed by atoms with van der Waals surface area (Å²) in [5, 5.41) is 0.0436. The number of fused-ring (bicyclic) bond motifs is 1. The van der Waals surface area contributed by atoms with Crippen molar-refractivity contribution < 1.29 is 54.8 Å². The molecular formula is C28H33ClF4NO8P. The quantitative estimate of drug-likeness (QED) is 0.147. The molecule has 0 saturated heterocycles. The van der Waals surface area contributed by atoms with Gasteiger partial charge in [-0.05, 0) is 71.9 Å². The number of rotatable bonds is 10. The largest absolute Gasteiger partial charge is 0.496 e. The molecule has 2 aromatic carbocycles.